The molecule has 3 atom stereocenters. The van der Waals surface area contributed by atoms with Gasteiger partial charge in [0, 0.05) is 31.6 Å². The van der Waals surface area contributed by atoms with Crippen LogP contribution in [0.15, 0.2) is 69.6 Å². The number of hydrogen-bond acceptors (Lipinski definition) is 10. The smallest absolute Gasteiger partial charge is 0.350 e. The summed E-state index contributed by atoms with van der Waals surface area (Å²) in [4.78, 5) is 11.6. The average molecular weight is 811 g/mol. The Bertz CT molecular complexity index is 2140. The number of benzene rings is 1. The second-order valence-electron chi connectivity index (χ2n) is 16.5. The third-order valence-corrected chi connectivity index (χ3v) is 10.6. The van der Waals surface area contributed by atoms with Gasteiger partial charge in [-0.15, -0.1) is 12.8 Å². The Morgan fingerprint density at radius 2 is 1.53 bits per heavy atom. The van der Waals surface area contributed by atoms with Crippen LogP contribution in [0, 0.1) is 12.8 Å². The van der Waals surface area contributed by atoms with E-state index in [1.807, 2.05) is 57.2 Å². The molecule has 2 aromatic rings. The molecule has 0 amide bonds. The van der Waals surface area contributed by atoms with E-state index in [0.29, 0.717) is 67.2 Å². The van der Waals surface area contributed by atoms with E-state index >= 15 is 0 Å². The van der Waals surface area contributed by atoms with Gasteiger partial charge < -0.3 is 42.3 Å². The molecule has 10 nitrogen and oxygen atoms in total. The zero-order chi connectivity index (χ0) is 43.0. The van der Waals surface area contributed by atoms with Crippen molar-refractivity contribution in [3.8, 4) is 30.1 Å². The van der Waals surface area contributed by atoms with Crippen LogP contribution in [-0.2, 0) is 28.5 Å². The first kappa shape index (κ1) is 45.1. The molecule has 1 spiro atoms. The molecule has 1 aromatic heterocycles. The van der Waals surface area contributed by atoms with Gasteiger partial charge in [-0.05, 0) is 116 Å². The molecule has 7 rings (SSSR count). The summed E-state index contributed by atoms with van der Waals surface area (Å²) in [6.45, 7) is 21.4. The Morgan fingerprint density at radius 3 is 2.17 bits per heavy atom. The summed E-state index contributed by atoms with van der Waals surface area (Å²) in [6.07, 6.45) is 28.7. The van der Waals surface area contributed by atoms with Gasteiger partial charge in [0.25, 0.3) is 0 Å². The molecule has 2 saturated heterocycles. The van der Waals surface area contributed by atoms with Crippen molar-refractivity contribution in [1.82, 2.24) is 0 Å². The van der Waals surface area contributed by atoms with E-state index < -0.39 is 11.6 Å². The van der Waals surface area contributed by atoms with Crippen molar-refractivity contribution in [2.45, 2.75) is 137 Å². The molecule has 1 aromatic carbocycles. The van der Waals surface area contributed by atoms with Crippen LogP contribution < -0.4 is 24.8 Å². The average Bonchev–Trinajstić information content (AvgIpc) is 3.46. The minimum absolute atomic E-state index is 0.00143. The van der Waals surface area contributed by atoms with Gasteiger partial charge in [0.05, 0.1) is 46.0 Å². The number of esters is 1. The van der Waals surface area contributed by atoms with E-state index in [1.54, 1.807) is 12.3 Å². The van der Waals surface area contributed by atoms with Gasteiger partial charge in [-0.1, -0.05) is 31.4 Å². The SMILES string of the molecule is C#C.CC(=O)OC1=C(C)CC(OC/C=C(\C)CCC2OC3(C=Cc4c(cc5c(c4OC/C=C(\C)CCC4OC4(C)C)C=CCO5)O3)OC2(C)C)=c2ccoc2=C1.CCC. The molecular formula is C49H62O10. The molecule has 0 radical (unpaired) electrons. The second-order valence-corrected chi connectivity index (χ2v) is 16.5. The van der Waals surface area contributed by atoms with Gasteiger partial charge in [-0.2, -0.15) is 0 Å². The number of terminal acetylenes is 1. The highest BCUT2D eigenvalue weighted by atomic mass is 16.9. The lowest BCUT2D eigenvalue weighted by Crippen LogP contribution is -2.39. The maximum atomic E-state index is 11.6. The number of rotatable bonds is 13. The van der Waals surface area contributed by atoms with Crippen LogP contribution in [0.4, 0.5) is 0 Å². The maximum absolute atomic E-state index is 11.6. The van der Waals surface area contributed by atoms with Crippen molar-refractivity contribution < 1.29 is 47.1 Å². The Balaban J connectivity index is 0.00000127. The topological polar surface area (TPSA) is 107 Å². The van der Waals surface area contributed by atoms with Crippen LogP contribution in [0.5, 0.6) is 17.2 Å². The zero-order valence-electron chi connectivity index (χ0n) is 36.5. The number of carbonyl (C=O) groups excluding carboxylic acids is 1. The molecule has 5 heterocycles. The van der Waals surface area contributed by atoms with E-state index in [9.17, 15) is 4.79 Å². The normalized spacial score (nSPS) is 23.1. The summed E-state index contributed by atoms with van der Waals surface area (Å²) in [5.41, 5.74) is 5.01. The Morgan fingerprint density at radius 1 is 0.898 bits per heavy atom. The van der Waals surface area contributed by atoms with Gasteiger partial charge in [-0.3, -0.25) is 4.79 Å². The van der Waals surface area contributed by atoms with Gasteiger partial charge in [-0.25, -0.2) is 0 Å². The predicted molar refractivity (Wildman–Crippen MR) is 231 cm³/mol. The van der Waals surface area contributed by atoms with Gasteiger partial charge in [0.2, 0.25) is 0 Å². The lowest BCUT2D eigenvalue weighted by Gasteiger charge is -2.32. The van der Waals surface area contributed by atoms with Crippen LogP contribution in [-0.4, -0.2) is 55.2 Å². The molecule has 1 aliphatic carbocycles. The Kier molecular flexibility index (Phi) is 14.9. The first-order chi connectivity index (χ1) is 28.1. The number of carbonyl (C=O) groups is 1. The minimum atomic E-state index is -1.38. The van der Waals surface area contributed by atoms with E-state index in [4.69, 9.17) is 42.3 Å². The fourth-order valence-electron chi connectivity index (χ4n) is 7.26. The highest BCUT2D eigenvalue weighted by Crippen LogP contribution is 2.49. The summed E-state index contributed by atoms with van der Waals surface area (Å²) < 4.78 is 55.2. The summed E-state index contributed by atoms with van der Waals surface area (Å²) in [5, 5.41) is 0.849. The van der Waals surface area contributed by atoms with Crippen molar-refractivity contribution in [2.24, 2.45) is 0 Å². The maximum Gasteiger partial charge on any atom is 0.350 e. The monoisotopic (exact) mass is 810 g/mol. The summed E-state index contributed by atoms with van der Waals surface area (Å²) >= 11 is 0. The zero-order valence-corrected chi connectivity index (χ0v) is 36.5. The molecule has 10 heteroatoms. The largest absolute Gasteiger partial charge is 0.493 e. The Labute approximate surface area is 350 Å². The standard InChI is InChI=1S/C44H52O10.C3H8.C2H2/c1-27(16-21-47-35-24-29(3)34(50-30(4)45)25-36-31(35)18-23-48-36)12-14-40-43(7,8)54-44(53-40)19-15-33-38(51-44)26-37-32(10-9-20-46-37)41(33)49-22-17-28(2)11-13-39-42(5,6)52-39;1-3-2;1-2/h9-10,15-19,23,25-26,39-40H,11-14,20-22,24H2,1-8H3;3H2,1-2H3;1-2H/b27-16+,28-17+;;. The summed E-state index contributed by atoms with van der Waals surface area (Å²) in [6, 6.07) is 3.77. The minimum Gasteiger partial charge on any atom is -0.493 e. The third kappa shape index (κ3) is 11.2. The summed E-state index contributed by atoms with van der Waals surface area (Å²) in [7, 11) is 0. The fraction of sp³-hybridized carbons (Fsp3) is 0.490. The molecule has 3 unspecified atom stereocenters. The van der Waals surface area contributed by atoms with Crippen molar-refractivity contribution >= 4 is 30.0 Å². The van der Waals surface area contributed by atoms with Crippen molar-refractivity contribution in [2.75, 3.05) is 19.8 Å². The molecule has 318 valence electrons. The van der Waals surface area contributed by atoms with Crippen molar-refractivity contribution in [3.05, 3.63) is 86.9 Å². The van der Waals surface area contributed by atoms with Crippen LogP contribution in [0.3, 0.4) is 0 Å². The van der Waals surface area contributed by atoms with Crippen molar-refractivity contribution in [1.29, 1.82) is 0 Å². The molecule has 5 aliphatic rings. The number of ether oxygens (including phenoxy) is 8. The molecule has 0 N–H and O–H groups in total. The quantitative estimate of drug-likeness (QED) is 0.0841. The second kappa shape index (κ2) is 19.4. The number of fused-ring (bicyclic) bond motifs is 3. The molecule has 2 fully saturated rings. The number of hydrogen-bond donors (Lipinski definition) is 0. The fourth-order valence-corrected chi connectivity index (χ4v) is 7.26. The third-order valence-electron chi connectivity index (χ3n) is 10.6. The first-order valence-electron chi connectivity index (χ1n) is 20.6. The predicted octanol–water partition coefficient (Wildman–Crippen LogP) is 9.46. The van der Waals surface area contributed by atoms with Gasteiger partial charge >= 0.3 is 11.9 Å². The number of epoxide rings is 1. The van der Waals surface area contributed by atoms with E-state index in [1.165, 1.54) is 18.9 Å². The van der Waals surface area contributed by atoms with Crippen LogP contribution in [0.1, 0.15) is 119 Å². The van der Waals surface area contributed by atoms with E-state index in [0.717, 1.165) is 52.5 Å². The van der Waals surface area contributed by atoms with Crippen LogP contribution in [0.25, 0.3) is 24.0 Å². The highest BCUT2D eigenvalue weighted by molar-refractivity contribution is 5.78. The van der Waals surface area contributed by atoms with Gasteiger partial charge in [0.1, 0.15) is 54.0 Å². The summed E-state index contributed by atoms with van der Waals surface area (Å²) in [5.74, 6) is 1.48. The van der Waals surface area contributed by atoms with Crippen LogP contribution in [0.2, 0.25) is 0 Å². The Hall–Kier alpha value is -4.95. The first-order valence-corrected chi connectivity index (χ1v) is 20.6. The van der Waals surface area contributed by atoms with Gasteiger partial charge in [0.15, 0.2) is 0 Å². The van der Waals surface area contributed by atoms with Crippen LogP contribution >= 0.6 is 0 Å². The molecule has 4 aliphatic heterocycles. The number of allylic oxidation sites excluding steroid dienone is 3. The molecule has 59 heavy (non-hydrogen) atoms. The molecule has 0 bridgehead atoms. The van der Waals surface area contributed by atoms with Crippen molar-refractivity contribution in [3.63, 3.8) is 0 Å². The molecule has 0 saturated carbocycles. The van der Waals surface area contributed by atoms with E-state index in [-0.39, 0.29) is 17.7 Å². The highest BCUT2D eigenvalue weighted by Gasteiger charge is 2.54. The number of furan rings is 1. The lowest BCUT2D eigenvalue weighted by molar-refractivity contribution is -0.270. The lowest BCUT2D eigenvalue weighted by atomic mass is 9.96. The molecular weight excluding hydrogens is 749 g/mol. The van der Waals surface area contributed by atoms with E-state index in [2.05, 4.69) is 66.5 Å².